The van der Waals surface area contributed by atoms with E-state index in [2.05, 4.69) is 36.4 Å². The molecule has 6 heteroatoms. The van der Waals surface area contributed by atoms with Crippen molar-refractivity contribution in [2.45, 2.75) is 46.6 Å². The second-order valence-corrected chi connectivity index (χ2v) is 6.08. The number of hydrogen-bond donors (Lipinski definition) is 3. The van der Waals surface area contributed by atoms with E-state index in [1.165, 1.54) is 0 Å². The van der Waals surface area contributed by atoms with Crippen molar-refractivity contribution in [2.24, 2.45) is 5.41 Å². The molecule has 118 valence electrons. The lowest BCUT2D eigenvalue weighted by Gasteiger charge is -2.21. The van der Waals surface area contributed by atoms with Crippen LogP contribution in [-0.4, -0.2) is 54.7 Å². The number of carboxylic acids is 1. The highest BCUT2D eigenvalue weighted by Gasteiger charge is 2.27. The quantitative estimate of drug-likeness (QED) is 0.562. The van der Waals surface area contributed by atoms with Crippen LogP contribution in [0.1, 0.15) is 40.5 Å². The molecule has 0 aromatic carbocycles. The van der Waals surface area contributed by atoms with Gasteiger partial charge in [0.15, 0.2) is 0 Å². The van der Waals surface area contributed by atoms with Crippen molar-refractivity contribution in [3.63, 3.8) is 0 Å². The molecule has 0 saturated heterocycles. The maximum absolute atomic E-state index is 11.5. The Kier molecular flexibility index (Phi) is 8.22. The number of hydrogen-bond acceptors (Lipinski definition) is 3. The van der Waals surface area contributed by atoms with Gasteiger partial charge in [0.2, 0.25) is 0 Å². The van der Waals surface area contributed by atoms with Crippen LogP contribution in [0.25, 0.3) is 0 Å². The third-order valence-electron chi connectivity index (χ3n) is 3.37. The highest BCUT2D eigenvalue weighted by molar-refractivity contribution is 5.77. The van der Waals surface area contributed by atoms with Gasteiger partial charge in [0.1, 0.15) is 0 Å². The average Bonchev–Trinajstić information content (AvgIpc) is 2.35. The Morgan fingerprint density at radius 1 is 1.20 bits per heavy atom. The molecule has 0 saturated carbocycles. The molecule has 0 spiro atoms. The summed E-state index contributed by atoms with van der Waals surface area (Å²) in [5, 5.41) is 14.2. The van der Waals surface area contributed by atoms with E-state index < -0.39 is 11.4 Å². The molecule has 0 heterocycles. The van der Waals surface area contributed by atoms with Crippen LogP contribution < -0.4 is 10.6 Å². The number of nitrogens with one attached hydrogen (secondary N) is 2. The molecule has 0 fully saturated rings. The maximum Gasteiger partial charge on any atom is 0.314 e. The van der Waals surface area contributed by atoms with Crippen molar-refractivity contribution in [1.82, 2.24) is 15.5 Å². The van der Waals surface area contributed by atoms with Gasteiger partial charge in [-0.05, 0) is 54.1 Å². The molecular weight excluding hydrogens is 258 g/mol. The van der Waals surface area contributed by atoms with E-state index in [9.17, 15) is 9.59 Å². The van der Waals surface area contributed by atoms with E-state index in [4.69, 9.17) is 5.11 Å². The first-order chi connectivity index (χ1) is 9.16. The van der Waals surface area contributed by atoms with Crippen molar-refractivity contribution in [3.05, 3.63) is 0 Å². The van der Waals surface area contributed by atoms with E-state index in [1.807, 2.05) is 0 Å². The molecule has 0 bridgehead atoms. The summed E-state index contributed by atoms with van der Waals surface area (Å²) in [4.78, 5) is 24.6. The molecule has 0 unspecified atom stereocenters. The molecule has 0 aliphatic carbocycles. The Labute approximate surface area is 121 Å². The van der Waals surface area contributed by atoms with Crippen LogP contribution in [0, 0.1) is 5.41 Å². The molecule has 6 nitrogen and oxygen atoms in total. The van der Waals surface area contributed by atoms with E-state index in [0.29, 0.717) is 12.6 Å². The van der Waals surface area contributed by atoms with Crippen LogP contribution in [0.2, 0.25) is 0 Å². The molecular formula is C14H29N3O3. The van der Waals surface area contributed by atoms with Crippen LogP contribution >= 0.6 is 0 Å². The number of carbonyl (C=O) groups excluding carboxylic acids is 1. The first-order valence-corrected chi connectivity index (χ1v) is 7.12. The van der Waals surface area contributed by atoms with E-state index >= 15 is 0 Å². The van der Waals surface area contributed by atoms with Gasteiger partial charge in [-0.3, -0.25) is 4.79 Å². The largest absolute Gasteiger partial charge is 0.481 e. The summed E-state index contributed by atoms with van der Waals surface area (Å²) >= 11 is 0. The van der Waals surface area contributed by atoms with Crippen LogP contribution in [0.5, 0.6) is 0 Å². The van der Waals surface area contributed by atoms with Gasteiger partial charge >= 0.3 is 12.0 Å². The Bertz CT molecular complexity index is 317. The minimum atomic E-state index is -0.947. The second-order valence-electron chi connectivity index (χ2n) is 6.08. The predicted octanol–water partition coefficient (Wildman–Crippen LogP) is 1.52. The minimum Gasteiger partial charge on any atom is -0.481 e. The molecule has 0 aromatic rings. The average molecular weight is 287 g/mol. The fraction of sp³-hybridized carbons (Fsp3) is 0.857. The van der Waals surface area contributed by atoms with Gasteiger partial charge in [0.05, 0.1) is 5.41 Å². The number of amides is 2. The van der Waals surface area contributed by atoms with Crippen molar-refractivity contribution >= 4 is 12.0 Å². The SMILES string of the molecule is CC(C)N(C)CCCCNC(=O)NCC(C)(C)C(=O)O. The summed E-state index contributed by atoms with van der Waals surface area (Å²) in [6.07, 6.45) is 1.93. The lowest BCUT2D eigenvalue weighted by molar-refractivity contribution is -0.146. The normalized spacial score (nSPS) is 11.8. The van der Waals surface area contributed by atoms with Gasteiger partial charge in [-0.15, -0.1) is 0 Å². The monoisotopic (exact) mass is 287 g/mol. The molecule has 0 radical (unpaired) electrons. The number of urea groups is 1. The maximum atomic E-state index is 11.5. The second kappa shape index (κ2) is 8.79. The number of rotatable bonds is 9. The van der Waals surface area contributed by atoms with Crippen molar-refractivity contribution in [2.75, 3.05) is 26.7 Å². The van der Waals surface area contributed by atoms with Gasteiger partial charge < -0.3 is 20.6 Å². The van der Waals surface area contributed by atoms with Gasteiger partial charge in [-0.1, -0.05) is 0 Å². The summed E-state index contributed by atoms with van der Waals surface area (Å²) in [5.74, 6) is -0.922. The third kappa shape index (κ3) is 7.99. The first kappa shape index (κ1) is 18.7. The molecule has 0 aromatic heterocycles. The summed E-state index contributed by atoms with van der Waals surface area (Å²) in [6, 6.07) is 0.223. The molecule has 0 aliphatic heterocycles. The van der Waals surface area contributed by atoms with E-state index in [1.54, 1.807) is 13.8 Å². The zero-order chi connectivity index (χ0) is 15.8. The van der Waals surface area contributed by atoms with Gasteiger partial charge in [0, 0.05) is 19.1 Å². The van der Waals surface area contributed by atoms with Crippen molar-refractivity contribution < 1.29 is 14.7 Å². The lowest BCUT2D eigenvalue weighted by atomic mass is 9.94. The van der Waals surface area contributed by atoms with Crippen molar-refractivity contribution in [1.29, 1.82) is 0 Å². The summed E-state index contributed by atoms with van der Waals surface area (Å²) < 4.78 is 0. The van der Waals surface area contributed by atoms with E-state index in [-0.39, 0.29) is 12.6 Å². The fourth-order valence-corrected chi connectivity index (χ4v) is 1.39. The molecule has 2 amide bonds. The summed E-state index contributed by atoms with van der Waals surface area (Å²) in [6.45, 7) is 9.18. The van der Waals surface area contributed by atoms with Crippen molar-refractivity contribution in [3.8, 4) is 0 Å². The predicted molar refractivity (Wildman–Crippen MR) is 79.8 cm³/mol. The summed E-state index contributed by atoms with van der Waals surface area (Å²) in [5.41, 5.74) is -0.947. The summed E-state index contributed by atoms with van der Waals surface area (Å²) in [7, 11) is 2.08. The van der Waals surface area contributed by atoms with E-state index in [0.717, 1.165) is 19.4 Å². The lowest BCUT2D eigenvalue weighted by Crippen LogP contribution is -2.43. The minimum absolute atomic E-state index is 0.115. The van der Waals surface area contributed by atoms with Crippen LogP contribution in [0.15, 0.2) is 0 Å². The Hall–Kier alpha value is -1.30. The molecule has 3 N–H and O–H groups in total. The van der Waals surface area contributed by atoms with Gasteiger partial charge in [-0.2, -0.15) is 0 Å². The first-order valence-electron chi connectivity index (χ1n) is 7.12. The number of aliphatic carboxylic acids is 1. The topological polar surface area (TPSA) is 81.7 Å². The Morgan fingerprint density at radius 3 is 2.30 bits per heavy atom. The highest BCUT2D eigenvalue weighted by Crippen LogP contribution is 2.12. The number of unbranched alkanes of at least 4 members (excludes halogenated alkanes) is 1. The zero-order valence-electron chi connectivity index (χ0n) is 13.3. The molecule has 0 aliphatic rings. The number of carbonyl (C=O) groups is 2. The molecule has 0 atom stereocenters. The van der Waals surface area contributed by atoms with Gasteiger partial charge in [-0.25, -0.2) is 4.79 Å². The number of nitrogens with zero attached hydrogens (tertiary/aromatic N) is 1. The smallest absolute Gasteiger partial charge is 0.314 e. The Morgan fingerprint density at radius 2 is 1.80 bits per heavy atom. The van der Waals surface area contributed by atoms with Gasteiger partial charge in [0.25, 0.3) is 0 Å². The molecule has 0 rings (SSSR count). The highest BCUT2D eigenvalue weighted by atomic mass is 16.4. The van der Waals surface area contributed by atoms with Crippen LogP contribution in [0.4, 0.5) is 4.79 Å². The third-order valence-corrected chi connectivity index (χ3v) is 3.37. The van der Waals surface area contributed by atoms with Crippen LogP contribution in [0.3, 0.4) is 0 Å². The fourth-order valence-electron chi connectivity index (χ4n) is 1.39. The molecule has 20 heavy (non-hydrogen) atoms. The zero-order valence-corrected chi connectivity index (χ0v) is 13.3. The number of carboxylic acid groups (broad SMARTS) is 1. The Balaban J connectivity index is 3.67. The standard InChI is InChI=1S/C14H29N3O3/c1-11(2)17(5)9-7-6-8-15-13(20)16-10-14(3,4)12(18)19/h11H,6-10H2,1-5H3,(H,18,19)(H2,15,16,20). The van der Waals surface area contributed by atoms with Crippen LogP contribution in [-0.2, 0) is 4.79 Å².